The van der Waals surface area contributed by atoms with E-state index < -0.39 is 5.54 Å². The number of carbonyl (C=O) groups is 1. The summed E-state index contributed by atoms with van der Waals surface area (Å²) in [4.78, 5) is 12.5. The molecule has 1 amide bonds. The predicted octanol–water partition coefficient (Wildman–Crippen LogP) is 2.34. The summed E-state index contributed by atoms with van der Waals surface area (Å²) < 4.78 is 7.05. The molecule has 1 aromatic heterocycles. The highest BCUT2D eigenvalue weighted by atomic mass is 35.5. The van der Waals surface area contributed by atoms with E-state index in [0.717, 1.165) is 11.5 Å². The Hall–Kier alpha value is -1.11. The normalized spacial score (nSPS) is 21.5. The van der Waals surface area contributed by atoms with Gasteiger partial charge in [0.05, 0.1) is 5.69 Å². The lowest BCUT2D eigenvalue weighted by atomic mass is 9.87. The van der Waals surface area contributed by atoms with Crippen molar-refractivity contribution in [2.45, 2.75) is 56.4 Å². The van der Waals surface area contributed by atoms with E-state index in [9.17, 15) is 4.79 Å². The van der Waals surface area contributed by atoms with Crippen LogP contribution in [0.1, 0.15) is 56.6 Å². The third kappa shape index (κ3) is 4.05. The van der Waals surface area contributed by atoms with E-state index in [1.54, 1.807) is 4.68 Å². The van der Waals surface area contributed by atoms with Crippen LogP contribution in [-0.4, -0.2) is 34.4 Å². The average molecular weight is 343 g/mol. The molecule has 23 heavy (non-hydrogen) atoms. The van der Waals surface area contributed by atoms with E-state index in [-0.39, 0.29) is 18.3 Å². The molecule has 2 heterocycles. The van der Waals surface area contributed by atoms with Crippen LogP contribution >= 0.6 is 12.4 Å². The highest BCUT2D eigenvalue weighted by Crippen LogP contribution is 2.33. The molecule has 0 atom stereocenters. The number of nitrogens with zero attached hydrogens (tertiary/aromatic N) is 2. The molecule has 1 aliphatic heterocycles. The molecule has 2 fully saturated rings. The fourth-order valence-corrected chi connectivity index (χ4v) is 3.41. The fraction of sp³-hybridized carbons (Fsp3) is 0.750. The van der Waals surface area contributed by atoms with Gasteiger partial charge in [-0.1, -0.05) is 19.3 Å². The predicted molar refractivity (Wildman–Crippen MR) is 91.9 cm³/mol. The summed E-state index contributed by atoms with van der Waals surface area (Å²) >= 11 is 0. The molecule has 0 aromatic carbocycles. The van der Waals surface area contributed by atoms with Gasteiger partial charge in [0, 0.05) is 32.2 Å². The number of rotatable bonds is 3. The monoisotopic (exact) mass is 342 g/mol. The van der Waals surface area contributed by atoms with Crippen molar-refractivity contribution < 1.29 is 9.53 Å². The van der Waals surface area contributed by atoms with Crippen LogP contribution in [0.4, 0.5) is 5.82 Å². The highest BCUT2D eigenvalue weighted by molar-refractivity contribution is 5.97. The summed E-state index contributed by atoms with van der Waals surface area (Å²) in [5.41, 5.74) is 6.50. The van der Waals surface area contributed by atoms with E-state index >= 15 is 0 Å². The molecule has 1 saturated heterocycles. The number of carbonyl (C=O) groups excluding carboxylic acids is 1. The van der Waals surface area contributed by atoms with Gasteiger partial charge >= 0.3 is 0 Å². The van der Waals surface area contributed by atoms with Crippen LogP contribution < -0.4 is 11.1 Å². The van der Waals surface area contributed by atoms with E-state index in [0.29, 0.717) is 32.0 Å². The lowest BCUT2D eigenvalue weighted by Crippen LogP contribution is -2.54. The van der Waals surface area contributed by atoms with Crippen LogP contribution in [0.5, 0.6) is 0 Å². The number of aryl methyl sites for hydroxylation is 1. The van der Waals surface area contributed by atoms with Crippen molar-refractivity contribution >= 4 is 24.1 Å². The van der Waals surface area contributed by atoms with Gasteiger partial charge in [-0.2, -0.15) is 5.10 Å². The Kier molecular flexibility index (Phi) is 6.06. The van der Waals surface area contributed by atoms with Gasteiger partial charge < -0.3 is 15.8 Å². The van der Waals surface area contributed by atoms with Crippen molar-refractivity contribution in [1.82, 2.24) is 9.78 Å². The number of amides is 1. The maximum Gasteiger partial charge on any atom is 0.245 e. The van der Waals surface area contributed by atoms with Crippen LogP contribution in [0.25, 0.3) is 0 Å². The second-order valence-electron chi connectivity index (χ2n) is 6.64. The van der Waals surface area contributed by atoms with Gasteiger partial charge in [-0.15, -0.1) is 12.4 Å². The zero-order valence-electron chi connectivity index (χ0n) is 13.7. The molecular formula is C16H27ClN4O2. The first-order chi connectivity index (χ1) is 10.6. The van der Waals surface area contributed by atoms with Crippen LogP contribution in [0.2, 0.25) is 0 Å². The molecule has 0 spiro atoms. The van der Waals surface area contributed by atoms with Gasteiger partial charge in [-0.25, -0.2) is 0 Å². The summed E-state index contributed by atoms with van der Waals surface area (Å²) in [7, 11) is 1.87. The van der Waals surface area contributed by atoms with Gasteiger partial charge in [0.2, 0.25) is 5.91 Å². The van der Waals surface area contributed by atoms with Gasteiger partial charge in [0.15, 0.2) is 0 Å². The molecule has 1 aliphatic carbocycles. The van der Waals surface area contributed by atoms with Crippen molar-refractivity contribution in [1.29, 1.82) is 0 Å². The number of anilines is 1. The topological polar surface area (TPSA) is 82.2 Å². The van der Waals surface area contributed by atoms with E-state index in [1.807, 2.05) is 13.1 Å². The number of nitrogens with two attached hydrogens (primary N) is 1. The van der Waals surface area contributed by atoms with Crippen molar-refractivity contribution in [2.75, 3.05) is 18.5 Å². The largest absolute Gasteiger partial charge is 0.381 e. The van der Waals surface area contributed by atoms with Gasteiger partial charge in [-0.3, -0.25) is 9.48 Å². The number of halogens is 1. The first-order valence-electron chi connectivity index (χ1n) is 8.30. The molecule has 0 radical (unpaired) electrons. The third-order valence-electron chi connectivity index (χ3n) is 5.00. The SMILES string of the molecule is Cl.Cn1nc(C2CCCCC2)cc1NC(=O)C1(N)CCOCC1. The molecule has 1 aromatic rings. The first-order valence-corrected chi connectivity index (χ1v) is 8.30. The average Bonchev–Trinajstić information content (AvgIpc) is 2.90. The Morgan fingerprint density at radius 2 is 2.00 bits per heavy atom. The van der Waals surface area contributed by atoms with E-state index in [4.69, 9.17) is 10.5 Å². The summed E-state index contributed by atoms with van der Waals surface area (Å²) in [6, 6.07) is 2.01. The molecule has 0 bridgehead atoms. The quantitative estimate of drug-likeness (QED) is 0.883. The molecule has 1 saturated carbocycles. The van der Waals surface area contributed by atoms with Crippen LogP contribution in [-0.2, 0) is 16.6 Å². The van der Waals surface area contributed by atoms with Gasteiger partial charge in [0.1, 0.15) is 11.4 Å². The standard InChI is InChI=1S/C16H26N4O2.ClH/c1-20-14(11-13(19-20)12-5-3-2-4-6-12)18-15(21)16(17)7-9-22-10-8-16;/h11-12H,2-10,17H2,1H3,(H,18,21);1H. The number of nitrogens with one attached hydrogen (secondary N) is 1. The Labute approximate surface area is 143 Å². The molecule has 7 heteroatoms. The summed E-state index contributed by atoms with van der Waals surface area (Å²) in [5.74, 6) is 1.14. The highest BCUT2D eigenvalue weighted by Gasteiger charge is 2.36. The van der Waals surface area contributed by atoms with Crippen molar-refractivity contribution in [3.05, 3.63) is 11.8 Å². The Balaban J connectivity index is 0.00000192. The fourth-order valence-electron chi connectivity index (χ4n) is 3.41. The second-order valence-corrected chi connectivity index (χ2v) is 6.64. The Bertz CT molecular complexity index is 534. The van der Waals surface area contributed by atoms with Crippen molar-refractivity contribution in [3.63, 3.8) is 0 Å². The molecule has 2 aliphatic rings. The van der Waals surface area contributed by atoms with Crippen molar-refractivity contribution in [3.8, 4) is 0 Å². The molecule has 0 unspecified atom stereocenters. The third-order valence-corrected chi connectivity index (χ3v) is 5.00. The first kappa shape index (κ1) is 18.2. The van der Waals surface area contributed by atoms with E-state index in [1.165, 1.54) is 32.1 Å². The minimum Gasteiger partial charge on any atom is -0.381 e. The summed E-state index contributed by atoms with van der Waals surface area (Å²) in [6.07, 6.45) is 7.39. The molecule has 3 N–H and O–H groups in total. The second kappa shape index (κ2) is 7.64. The van der Waals surface area contributed by atoms with Gasteiger partial charge in [-0.05, 0) is 25.7 Å². The summed E-state index contributed by atoms with van der Waals surface area (Å²) in [6.45, 7) is 1.09. The van der Waals surface area contributed by atoms with Crippen LogP contribution in [0.3, 0.4) is 0 Å². The molecule has 6 nitrogen and oxygen atoms in total. The maximum atomic E-state index is 12.5. The van der Waals surface area contributed by atoms with Gasteiger partial charge in [0.25, 0.3) is 0 Å². The number of hydrogen-bond acceptors (Lipinski definition) is 4. The zero-order valence-corrected chi connectivity index (χ0v) is 14.5. The van der Waals surface area contributed by atoms with Crippen LogP contribution in [0.15, 0.2) is 6.07 Å². The number of hydrogen-bond donors (Lipinski definition) is 2. The minimum atomic E-state index is -0.826. The smallest absolute Gasteiger partial charge is 0.245 e. The summed E-state index contributed by atoms with van der Waals surface area (Å²) in [5, 5.41) is 7.55. The molecular weight excluding hydrogens is 316 g/mol. The Morgan fingerprint density at radius 3 is 2.65 bits per heavy atom. The number of ether oxygens (including phenoxy) is 1. The zero-order chi connectivity index (χ0) is 15.6. The minimum absolute atomic E-state index is 0. The Morgan fingerprint density at radius 1 is 1.35 bits per heavy atom. The van der Waals surface area contributed by atoms with E-state index in [2.05, 4.69) is 10.4 Å². The van der Waals surface area contributed by atoms with Crippen LogP contribution in [0, 0.1) is 0 Å². The molecule has 130 valence electrons. The number of aromatic nitrogens is 2. The van der Waals surface area contributed by atoms with Crippen molar-refractivity contribution in [2.24, 2.45) is 12.8 Å². The maximum absolute atomic E-state index is 12.5. The molecule has 3 rings (SSSR count). The lowest BCUT2D eigenvalue weighted by Gasteiger charge is -2.31. The lowest BCUT2D eigenvalue weighted by molar-refractivity contribution is -0.124.